The molecular formula is C27H28ClN3O7. The molecule has 3 amide bonds. The topological polar surface area (TPSA) is 134 Å². The molecule has 0 bridgehead atoms. The number of carbonyl (C=O) groups is 4. The van der Waals surface area contributed by atoms with Crippen LogP contribution in [0.15, 0.2) is 30.3 Å². The lowest BCUT2D eigenvalue weighted by Gasteiger charge is -2.29. The van der Waals surface area contributed by atoms with Gasteiger partial charge in [-0.25, -0.2) is 0 Å². The summed E-state index contributed by atoms with van der Waals surface area (Å²) in [5.41, 5.74) is 1.00. The lowest BCUT2D eigenvalue weighted by molar-refractivity contribution is -0.143. The Labute approximate surface area is 224 Å². The first-order valence-electron chi connectivity index (χ1n) is 12.3. The van der Waals surface area contributed by atoms with Crippen LogP contribution >= 0.6 is 11.6 Å². The van der Waals surface area contributed by atoms with Gasteiger partial charge in [0, 0.05) is 24.6 Å². The van der Waals surface area contributed by atoms with E-state index >= 15 is 0 Å². The fourth-order valence-corrected chi connectivity index (χ4v) is 6.40. The number of imide groups is 1. The monoisotopic (exact) mass is 541 g/mol. The molecule has 3 heterocycles. The Hall–Kier alpha value is -3.63. The Bertz CT molecular complexity index is 1360. The molecule has 2 fully saturated rings. The van der Waals surface area contributed by atoms with Crippen molar-refractivity contribution in [3.63, 3.8) is 0 Å². The third-order valence-electron chi connectivity index (χ3n) is 7.75. The van der Waals surface area contributed by atoms with Gasteiger partial charge in [-0.3, -0.25) is 29.4 Å². The molecular weight excluding hydrogens is 514 g/mol. The van der Waals surface area contributed by atoms with Crippen molar-refractivity contribution in [3.8, 4) is 11.5 Å². The minimum atomic E-state index is -1.52. The lowest BCUT2D eigenvalue weighted by atomic mass is 9.76. The molecule has 2 aromatic rings. The number of carboxylic acid groups (broad SMARTS) is 1. The average molecular weight is 542 g/mol. The number of fused-ring (bicyclic) bond motifs is 4. The van der Waals surface area contributed by atoms with E-state index in [4.69, 9.17) is 21.1 Å². The molecule has 0 radical (unpaired) electrons. The zero-order valence-corrected chi connectivity index (χ0v) is 21.9. The standard InChI is InChI=1S/C27H28ClN3O7/c1-13-10-15-23(16(28)11-13)29-26(36)27(15)22-21(17(30-27)5-7-20(32)33)24(34)31(25(22)35)9-8-14-4-6-18(37-2)19(12-14)38-3/h4,6,10-12,17,21-22,30H,5,7-9H2,1-3H3,(H,29,36)(H,32,33)/t17-,21+,22+,27+/m0/s1. The summed E-state index contributed by atoms with van der Waals surface area (Å²) in [5.74, 6) is -3.21. The molecule has 10 nitrogen and oxygen atoms in total. The van der Waals surface area contributed by atoms with Crippen LogP contribution in [0.3, 0.4) is 0 Å². The van der Waals surface area contributed by atoms with Gasteiger partial charge in [0.15, 0.2) is 11.5 Å². The summed E-state index contributed by atoms with van der Waals surface area (Å²) in [4.78, 5) is 53.7. The van der Waals surface area contributed by atoms with Crippen LogP contribution in [0.1, 0.15) is 29.5 Å². The fraction of sp³-hybridized carbons (Fsp3) is 0.407. The second-order valence-electron chi connectivity index (χ2n) is 9.89. The highest BCUT2D eigenvalue weighted by Crippen LogP contribution is 2.55. The maximum Gasteiger partial charge on any atom is 0.303 e. The van der Waals surface area contributed by atoms with E-state index in [-0.39, 0.29) is 19.4 Å². The van der Waals surface area contributed by atoms with Crippen molar-refractivity contribution < 1.29 is 33.8 Å². The maximum absolute atomic E-state index is 13.9. The van der Waals surface area contributed by atoms with Gasteiger partial charge < -0.3 is 19.9 Å². The first kappa shape index (κ1) is 26.0. The number of carbonyl (C=O) groups excluding carboxylic acids is 3. The number of halogens is 1. The molecule has 11 heteroatoms. The highest BCUT2D eigenvalue weighted by molar-refractivity contribution is 6.35. The van der Waals surface area contributed by atoms with Gasteiger partial charge in [-0.1, -0.05) is 23.7 Å². The van der Waals surface area contributed by atoms with E-state index in [0.717, 1.165) is 11.1 Å². The predicted molar refractivity (Wildman–Crippen MR) is 137 cm³/mol. The Kier molecular flexibility index (Phi) is 6.56. The van der Waals surface area contributed by atoms with Crippen LogP contribution in [0, 0.1) is 18.8 Å². The number of likely N-dealkylation sites (tertiary alicyclic amines) is 1. The number of ether oxygens (including phenoxy) is 2. The van der Waals surface area contributed by atoms with E-state index in [9.17, 15) is 24.3 Å². The summed E-state index contributed by atoms with van der Waals surface area (Å²) in [5, 5.41) is 15.7. The number of nitrogens with zero attached hydrogens (tertiary/aromatic N) is 1. The van der Waals surface area contributed by atoms with Crippen molar-refractivity contribution >= 4 is 41.0 Å². The second-order valence-corrected chi connectivity index (χ2v) is 10.3. The average Bonchev–Trinajstić information content (AvgIpc) is 3.46. The minimum absolute atomic E-state index is 0.0863. The zero-order valence-electron chi connectivity index (χ0n) is 21.2. The molecule has 0 saturated carbocycles. The second kappa shape index (κ2) is 9.59. The van der Waals surface area contributed by atoms with E-state index in [1.165, 1.54) is 19.1 Å². The van der Waals surface area contributed by atoms with Crippen LogP contribution < -0.4 is 20.1 Å². The number of nitrogens with one attached hydrogen (secondary N) is 2. The SMILES string of the molecule is COc1ccc(CCN2C(=O)[C@@H]3[C@H](CCC(=O)O)N[C@@]4(C(=O)Nc5c(Cl)cc(C)cc54)[C@H]3C2=O)cc1OC. The first-order chi connectivity index (χ1) is 18.1. The van der Waals surface area contributed by atoms with Crippen LogP contribution in [0.5, 0.6) is 11.5 Å². The number of amides is 3. The number of hydrogen-bond acceptors (Lipinski definition) is 7. The lowest BCUT2D eigenvalue weighted by Crippen LogP contribution is -2.53. The maximum atomic E-state index is 13.9. The third-order valence-corrected chi connectivity index (χ3v) is 8.05. The van der Waals surface area contributed by atoms with E-state index < -0.39 is 47.1 Å². The zero-order chi connectivity index (χ0) is 27.4. The van der Waals surface area contributed by atoms with Crippen molar-refractivity contribution in [2.24, 2.45) is 11.8 Å². The van der Waals surface area contributed by atoms with Crippen LogP contribution in [0.25, 0.3) is 0 Å². The summed E-state index contributed by atoms with van der Waals surface area (Å²) in [6.07, 6.45) is 0.237. The van der Waals surface area contributed by atoms with Crippen molar-refractivity contribution in [3.05, 3.63) is 52.0 Å². The molecule has 0 aromatic heterocycles. The molecule has 3 aliphatic heterocycles. The summed E-state index contributed by atoms with van der Waals surface area (Å²) in [7, 11) is 3.06. The van der Waals surface area contributed by atoms with Gasteiger partial charge in [0.25, 0.3) is 0 Å². The van der Waals surface area contributed by atoms with Crippen molar-refractivity contribution in [1.29, 1.82) is 0 Å². The van der Waals surface area contributed by atoms with E-state index in [1.807, 2.05) is 13.0 Å². The Morgan fingerprint density at radius 1 is 1.11 bits per heavy atom. The highest BCUT2D eigenvalue weighted by atomic mass is 35.5. The molecule has 200 valence electrons. The summed E-state index contributed by atoms with van der Waals surface area (Å²) in [6, 6.07) is 8.18. The van der Waals surface area contributed by atoms with Crippen LogP contribution in [-0.4, -0.2) is 60.5 Å². The van der Waals surface area contributed by atoms with Crippen LogP contribution in [-0.2, 0) is 31.1 Å². The van der Waals surface area contributed by atoms with Crippen LogP contribution in [0.4, 0.5) is 5.69 Å². The number of methoxy groups -OCH3 is 2. The van der Waals surface area contributed by atoms with Gasteiger partial charge in [-0.05, 0) is 49.1 Å². The number of hydrogen-bond donors (Lipinski definition) is 3. The summed E-state index contributed by atoms with van der Waals surface area (Å²) >= 11 is 6.44. The molecule has 2 aromatic carbocycles. The van der Waals surface area contributed by atoms with Gasteiger partial charge >= 0.3 is 5.97 Å². The van der Waals surface area contributed by atoms with Gasteiger partial charge in [0.2, 0.25) is 17.7 Å². The van der Waals surface area contributed by atoms with Crippen LogP contribution in [0.2, 0.25) is 5.02 Å². The minimum Gasteiger partial charge on any atom is -0.493 e. The molecule has 0 unspecified atom stereocenters. The van der Waals surface area contributed by atoms with Crippen molar-refractivity contribution in [2.75, 3.05) is 26.1 Å². The van der Waals surface area contributed by atoms with Gasteiger partial charge in [-0.2, -0.15) is 0 Å². The molecule has 1 spiro atoms. The number of aryl methyl sites for hydroxylation is 1. The highest BCUT2D eigenvalue weighted by Gasteiger charge is 2.70. The number of benzene rings is 2. The summed E-state index contributed by atoms with van der Waals surface area (Å²) < 4.78 is 10.6. The molecule has 0 aliphatic carbocycles. The van der Waals surface area contributed by atoms with Gasteiger partial charge in [0.1, 0.15) is 5.54 Å². The molecule has 3 N–H and O–H groups in total. The van der Waals surface area contributed by atoms with Crippen molar-refractivity contribution in [2.45, 2.75) is 37.8 Å². The number of aliphatic carboxylic acids is 1. The number of rotatable bonds is 8. The fourth-order valence-electron chi connectivity index (χ4n) is 6.08. The summed E-state index contributed by atoms with van der Waals surface area (Å²) in [6.45, 7) is 1.93. The molecule has 2 saturated heterocycles. The molecule has 5 rings (SSSR count). The Morgan fingerprint density at radius 2 is 1.84 bits per heavy atom. The normalized spacial score (nSPS) is 25.5. The molecule has 38 heavy (non-hydrogen) atoms. The smallest absolute Gasteiger partial charge is 0.303 e. The largest absolute Gasteiger partial charge is 0.493 e. The van der Waals surface area contributed by atoms with E-state index in [2.05, 4.69) is 10.6 Å². The van der Waals surface area contributed by atoms with Gasteiger partial charge in [-0.15, -0.1) is 0 Å². The Morgan fingerprint density at radius 3 is 2.53 bits per heavy atom. The van der Waals surface area contributed by atoms with Crippen molar-refractivity contribution in [1.82, 2.24) is 10.2 Å². The van der Waals surface area contributed by atoms with E-state index in [1.54, 1.807) is 24.3 Å². The van der Waals surface area contributed by atoms with Gasteiger partial charge in [0.05, 0.1) is 36.8 Å². The number of anilines is 1. The predicted octanol–water partition coefficient (Wildman–Crippen LogP) is 2.49. The quantitative estimate of drug-likeness (QED) is 0.434. The molecule has 4 atom stereocenters. The Balaban J connectivity index is 1.50. The molecule has 3 aliphatic rings. The number of carboxylic acids is 1. The van der Waals surface area contributed by atoms with E-state index in [0.29, 0.717) is 34.2 Å². The third kappa shape index (κ3) is 3.90. The first-order valence-corrected chi connectivity index (χ1v) is 12.7.